The van der Waals surface area contributed by atoms with Crippen LogP contribution in [0.15, 0.2) is 83.9 Å². The Labute approximate surface area is 233 Å². The minimum Gasteiger partial charge on any atom is -0.477 e. The first-order valence-electron chi connectivity index (χ1n) is 12.2. The summed E-state index contributed by atoms with van der Waals surface area (Å²) in [5.41, 5.74) is 2.44. The molecule has 40 heavy (non-hydrogen) atoms. The number of rotatable bonds is 8. The topological polar surface area (TPSA) is 146 Å². The minimum absolute atomic E-state index is 0.00834. The van der Waals surface area contributed by atoms with Crippen molar-refractivity contribution in [3.63, 3.8) is 0 Å². The van der Waals surface area contributed by atoms with Gasteiger partial charge in [0.25, 0.3) is 5.56 Å². The zero-order valence-electron chi connectivity index (χ0n) is 21.2. The number of carbonyl (C=O) groups is 1. The van der Waals surface area contributed by atoms with E-state index in [0.29, 0.717) is 34.6 Å². The van der Waals surface area contributed by atoms with Gasteiger partial charge >= 0.3 is 5.97 Å². The molecule has 3 aromatic heterocycles. The second-order valence-corrected chi connectivity index (χ2v) is 9.29. The van der Waals surface area contributed by atoms with Crippen LogP contribution in [0.1, 0.15) is 40.4 Å². The van der Waals surface area contributed by atoms with Crippen molar-refractivity contribution in [3.8, 4) is 6.07 Å². The van der Waals surface area contributed by atoms with Crippen molar-refractivity contribution in [2.45, 2.75) is 19.5 Å². The van der Waals surface area contributed by atoms with Gasteiger partial charge in [-0.25, -0.2) is 19.7 Å². The average Bonchev–Trinajstić information content (AvgIpc) is 2.96. The number of aromatic nitrogens is 4. The van der Waals surface area contributed by atoms with E-state index in [0.717, 1.165) is 5.56 Å². The molecule has 1 atom stereocenters. The monoisotopic (exact) mass is 551 g/mol. The minimum atomic E-state index is -1.28. The predicted molar refractivity (Wildman–Crippen MR) is 152 cm³/mol. The van der Waals surface area contributed by atoms with Gasteiger partial charge in [-0.3, -0.25) is 4.79 Å². The number of nitrogens with zero attached hydrogens (tertiary/aromatic N) is 5. The van der Waals surface area contributed by atoms with Gasteiger partial charge in [0.15, 0.2) is 5.69 Å². The van der Waals surface area contributed by atoms with Crippen LogP contribution in [0, 0.1) is 11.3 Å². The number of hydrogen-bond acceptors (Lipinski definition) is 8. The fourth-order valence-electron chi connectivity index (χ4n) is 4.33. The van der Waals surface area contributed by atoms with Gasteiger partial charge in [0.2, 0.25) is 0 Å². The molecular formula is C29H22ClN7O3. The van der Waals surface area contributed by atoms with Crippen molar-refractivity contribution in [1.29, 1.82) is 5.26 Å². The highest BCUT2D eigenvalue weighted by atomic mass is 35.5. The molecule has 0 amide bonds. The highest BCUT2D eigenvalue weighted by Gasteiger charge is 2.17. The fourth-order valence-corrected chi connectivity index (χ4v) is 4.56. The summed E-state index contributed by atoms with van der Waals surface area (Å²) in [6.07, 6.45) is 3.30. The second-order valence-electron chi connectivity index (χ2n) is 8.94. The lowest BCUT2D eigenvalue weighted by molar-refractivity contribution is 0.0690. The van der Waals surface area contributed by atoms with Gasteiger partial charge in [-0.1, -0.05) is 41.9 Å². The van der Waals surface area contributed by atoms with Crippen molar-refractivity contribution < 1.29 is 9.90 Å². The van der Waals surface area contributed by atoms with Crippen molar-refractivity contribution in [1.82, 2.24) is 19.5 Å². The number of benzene rings is 2. The summed E-state index contributed by atoms with van der Waals surface area (Å²) in [5, 5.41) is 26.0. The largest absolute Gasteiger partial charge is 0.477 e. The summed E-state index contributed by atoms with van der Waals surface area (Å²) >= 11 is 6.10. The van der Waals surface area contributed by atoms with Crippen LogP contribution in [0.25, 0.3) is 10.9 Å². The Morgan fingerprint density at radius 2 is 1.82 bits per heavy atom. The van der Waals surface area contributed by atoms with Crippen LogP contribution in [0.5, 0.6) is 0 Å². The molecule has 0 saturated carbocycles. The molecule has 2 aromatic carbocycles. The molecule has 0 aliphatic heterocycles. The van der Waals surface area contributed by atoms with Gasteiger partial charge in [0.1, 0.15) is 22.6 Å². The van der Waals surface area contributed by atoms with Crippen LogP contribution < -0.4 is 16.2 Å². The van der Waals surface area contributed by atoms with Crippen LogP contribution in [0.3, 0.4) is 0 Å². The van der Waals surface area contributed by atoms with Gasteiger partial charge < -0.3 is 20.3 Å². The van der Waals surface area contributed by atoms with Crippen LogP contribution in [-0.4, -0.2) is 30.6 Å². The average molecular weight is 552 g/mol. The van der Waals surface area contributed by atoms with Crippen LogP contribution >= 0.6 is 11.6 Å². The predicted octanol–water partition coefficient (Wildman–Crippen LogP) is 5.37. The molecule has 3 N–H and O–H groups in total. The maximum Gasteiger partial charge on any atom is 0.354 e. The van der Waals surface area contributed by atoms with Crippen LogP contribution in [0.4, 0.5) is 17.1 Å². The number of nitriles is 1. The van der Waals surface area contributed by atoms with Gasteiger partial charge in [-0.2, -0.15) is 5.26 Å². The molecule has 0 bridgehead atoms. The number of carboxylic acids is 1. The molecule has 11 heteroatoms. The Bertz CT molecular complexity index is 1820. The number of pyridine rings is 2. The van der Waals surface area contributed by atoms with Crippen molar-refractivity contribution in [3.05, 3.63) is 117 Å². The third kappa shape index (κ3) is 5.45. The van der Waals surface area contributed by atoms with E-state index in [4.69, 9.17) is 11.6 Å². The third-order valence-electron chi connectivity index (χ3n) is 6.23. The van der Waals surface area contributed by atoms with Gasteiger partial charge in [-0.05, 0) is 42.8 Å². The Hall–Kier alpha value is -5.27. The Morgan fingerprint density at radius 1 is 1.07 bits per heavy atom. The van der Waals surface area contributed by atoms with E-state index in [1.807, 2.05) is 49.4 Å². The number of carboxylic acid groups (broad SMARTS) is 1. The molecule has 5 rings (SSSR count). The van der Waals surface area contributed by atoms with E-state index in [1.165, 1.54) is 12.1 Å². The van der Waals surface area contributed by atoms with E-state index >= 15 is 0 Å². The van der Waals surface area contributed by atoms with Gasteiger partial charge in [0, 0.05) is 35.2 Å². The van der Waals surface area contributed by atoms with E-state index in [2.05, 4.69) is 25.6 Å². The maximum absolute atomic E-state index is 13.3. The van der Waals surface area contributed by atoms with Crippen LogP contribution in [-0.2, 0) is 6.54 Å². The molecule has 3 heterocycles. The van der Waals surface area contributed by atoms with Crippen LogP contribution in [0.2, 0.25) is 5.15 Å². The lowest BCUT2D eigenvalue weighted by Gasteiger charge is -2.19. The Balaban J connectivity index is 1.63. The van der Waals surface area contributed by atoms with E-state index < -0.39 is 5.97 Å². The van der Waals surface area contributed by atoms with Gasteiger partial charge in [-0.15, -0.1) is 0 Å². The molecule has 0 radical (unpaired) electrons. The first-order chi connectivity index (χ1) is 19.3. The molecule has 0 fully saturated rings. The number of nitrogens with one attached hydrogen (secondary N) is 2. The zero-order chi connectivity index (χ0) is 28.2. The molecule has 5 aromatic rings. The standard InChI is InChI=1S/C29H22ClN7O3/c1-17(28-32-10-5-11-33-28)34-23-14-26(38)37(16-18-6-3-2-4-7-18)25-9-8-19(12-20(23)25)35-22-13-24(29(39)40)36-27(30)21(22)15-31/h2-14,17,34H,16H2,1H3,(H,35,36)(H,39,40). The number of fused-ring (bicyclic) bond motifs is 1. The Kier molecular flexibility index (Phi) is 7.39. The first kappa shape index (κ1) is 26.3. The van der Waals surface area contributed by atoms with E-state index in [-0.39, 0.29) is 33.7 Å². The lowest BCUT2D eigenvalue weighted by Crippen LogP contribution is -2.22. The first-order valence-corrected chi connectivity index (χ1v) is 12.6. The van der Waals surface area contributed by atoms with Crippen molar-refractivity contribution in [2.24, 2.45) is 0 Å². The smallest absolute Gasteiger partial charge is 0.354 e. The highest BCUT2D eigenvalue weighted by Crippen LogP contribution is 2.31. The summed E-state index contributed by atoms with van der Waals surface area (Å²) in [5.74, 6) is -0.717. The quantitative estimate of drug-likeness (QED) is 0.216. The van der Waals surface area contributed by atoms with Gasteiger partial charge in [0.05, 0.1) is 23.8 Å². The molecule has 1 unspecified atom stereocenters. The summed E-state index contributed by atoms with van der Waals surface area (Å²) in [7, 11) is 0. The summed E-state index contributed by atoms with van der Waals surface area (Å²) in [6.45, 7) is 2.26. The summed E-state index contributed by atoms with van der Waals surface area (Å²) in [6, 6.07) is 21.2. The summed E-state index contributed by atoms with van der Waals surface area (Å²) in [4.78, 5) is 37.3. The van der Waals surface area contributed by atoms with E-state index in [1.54, 1.807) is 35.2 Å². The highest BCUT2D eigenvalue weighted by molar-refractivity contribution is 6.31. The SMILES string of the molecule is CC(Nc1cc(=O)n(Cc2ccccc2)c2ccc(Nc3cc(C(=O)O)nc(Cl)c3C#N)cc12)c1ncccn1. The molecule has 10 nitrogen and oxygen atoms in total. The van der Waals surface area contributed by atoms with Crippen molar-refractivity contribution >= 4 is 45.5 Å². The lowest BCUT2D eigenvalue weighted by atomic mass is 10.1. The molecule has 0 saturated heterocycles. The number of halogens is 1. The Morgan fingerprint density at radius 3 is 2.52 bits per heavy atom. The number of aromatic carboxylic acids is 1. The summed E-state index contributed by atoms with van der Waals surface area (Å²) < 4.78 is 1.68. The molecular weight excluding hydrogens is 530 g/mol. The van der Waals surface area contributed by atoms with E-state index in [9.17, 15) is 20.0 Å². The second kappa shape index (κ2) is 11.2. The number of anilines is 3. The zero-order valence-corrected chi connectivity index (χ0v) is 21.9. The number of hydrogen-bond donors (Lipinski definition) is 3. The third-order valence-corrected chi connectivity index (χ3v) is 6.50. The normalized spacial score (nSPS) is 11.5. The molecule has 0 aliphatic carbocycles. The fraction of sp³-hybridized carbons (Fsp3) is 0.103. The maximum atomic E-state index is 13.3. The molecule has 0 spiro atoms. The molecule has 0 aliphatic rings. The van der Waals surface area contributed by atoms with Crippen molar-refractivity contribution in [2.75, 3.05) is 10.6 Å². The molecule has 198 valence electrons.